The van der Waals surface area contributed by atoms with Crippen LogP contribution in [0.25, 0.3) is 0 Å². The van der Waals surface area contributed by atoms with Crippen molar-refractivity contribution in [1.82, 2.24) is 25.5 Å². The Morgan fingerprint density at radius 2 is 1.89 bits per heavy atom. The number of hydrogen-bond donors (Lipinski definition) is 7. The number of imidazole rings is 1. The summed E-state index contributed by atoms with van der Waals surface area (Å²) in [7, 11) is 0. The number of aromatic hydroxyl groups is 1. The first-order chi connectivity index (χ1) is 17.6. The van der Waals surface area contributed by atoms with E-state index in [2.05, 4.69) is 20.6 Å². The van der Waals surface area contributed by atoms with Gasteiger partial charge in [0.25, 0.3) is 0 Å². The van der Waals surface area contributed by atoms with E-state index in [4.69, 9.17) is 5.73 Å². The molecule has 2 heterocycles. The molecule has 0 aliphatic carbocycles. The highest BCUT2D eigenvalue weighted by Gasteiger charge is 2.39. The summed E-state index contributed by atoms with van der Waals surface area (Å²) in [6.07, 6.45) is 2.64. The van der Waals surface area contributed by atoms with Gasteiger partial charge in [0.1, 0.15) is 17.8 Å². The standard InChI is InChI=1S/C24H32N6O7/c1-13(31)20(24(36)37)29-22(34)19-3-2-8-30(19)23(35)18(10-15-11-26-12-27-15)28-21(33)17(25)9-14-4-6-16(32)7-5-14/h4-7,11-13,17-20,31-32H,2-3,8-10,25H2,1H3,(H,26,27)(H,28,33)(H,29,34)(H,36,37). The molecule has 2 aromatic rings. The van der Waals surface area contributed by atoms with Gasteiger partial charge in [0.2, 0.25) is 17.7 Å². The second-order valence-corrected chi connectivity index (χ2v) is 9.07. The second kappa shape index (κ2) is 12.3. The van der Waals surface area contributed by atoms with Crippen LogP contribution in [0.5, 0.6) is 5.75 Å². The lowest BCUT2D eigenvalue weighted by Gasteiger charge is -2.30. The highest BCUT2D eigenvalue weighted by molar-refractivity contribution is 5.94. The first-order valence-electron chi connectivity index (χ1n) is 11.9. The fourth-order valence-corrected chi connectivity index (χ4v) is 4.22. The van der Waals surface area contributed by atoms with E-state index in [1.54, 1.807) is 12.1 Å². The Labute approximate surface area is 213 Å². The molecule has 200 valence electrons. The van der Waals surface area contributed by atoms with Gasteiger partial charge in [-0.25, -0.2) is 9.78 Å². The number of carboxylic acids is 1. The number of phenols is 1. The van der Waals surface area contributed by atoms with E-state index in [-0.39, 0.29) is 25.1 Å². The highest BCUT2D eigenvalue weighted by Crippen LogP contribution is 2.20. The number of carbonyl (C=O) groups is 4. The number of aliphatic hydroxyl groups is 1. The van der Waals surface area contributed by atoms with Crippen molar-refractivity contribution in [3.8, 4) is 5.75 Å². The molecule has 0 saturated carbocycles. The maximum absolute atomic E-state index is 13.6. The number of nitrogens with zero attached hydrogens (tertiary/aromatic N) is 2. The van der Waals surface area contributed by atoms with E-state index in [1.165, 1.54) is 36.5 Å². The van der Waals surface area contributed by atoms with Crippen molar-refractivity contribution < 1.29 is 34.5 Å². The number of aromatic amines is 1. The number of benzene rings is 1. The zero-order chi connectivity index (χ0) is 27.1. The number of rotatable bonds is 11. The smallest absolute Gasteiger partial charge is 0.328 e. The third-order valence-corrected chi connectivity index (χ3v) is 6.21. The Bertz CT molecular complexity index is 1090. The fraction of sp³-hybridized carbons (Fsp3) is 0.458. The number of nitrogens with two attached hydrogens (primary N) is 1. The van der Waals surface area contributed by atoms with Crippen LogP contribution in [-0.2, 0) is 32.0 Å². The van der Waals surface area contributed by atoms with Gasteiger partial charge < -0.3 is 41.6 Å². The average Bonchev–Trinajstić information content (AvgIpc) is 3.54. The van der Waals surface area contributed by atoms with Gasteiger partial charge in [0.15, 0.2) is 6.04 Å². The number of carboxylic acid groups (broad SMARTS) is 1. The topological polar surface area (TPSA) is 211 Å². The molecule has 1 aliphatic rings. The van der Waals surface area contributed by atoms with E-state index < -0.39 is 54.0 Å². The predicted octanol–water partition coefficient (Wildman–Crippen LogP) is -1.35. The van der Waals surface area contributed by atoms with Crippen molar-refractivity contribution in [3.05, 3.63) is 48.0 Å². The van der Waals surface area contributed by atoms with Gasteiger partial charge in [-0.15, -0.1) is 0 Å². The largest absolute Gasteiger partial charge is 0.508 e. The van der Waals surface area contributed by atoms with E-state index in [9.17, 15) is 34.5 Å². The summed E-state index contributed by atoms with van der Waals surface area (Å²) >= 11 is 0. The van der Waals surface area contributed by atoms with Crippen LogP contribution in [0, 0.1) is 0 Å². The van der Waals surface area contributed by atoms with Gasteiger partial charge in [-0.3, -0.25) is 14.4 Å². The fourth-order valence-electron chi connectivity index (χ4n) is 4.22. The van der Waals surface area contributed by atoms with Gasteiger partial charge in [-0.05, 0) is 43.9 Å². The molecular formula is C24H32N6O7. The summed E-state index contributed by atoms with van der Waals surface area (Å²) in [5.41, 5.74) is 7.38. The molecule has 1 aromatic heterocycles. The van der Waals surface area contributed by atoms with Crippen molar-refractivity contribution in [2.75, 3.05) is 6.54 Å². The number of likely N-dealkylation sites (tertiary alicyclic amines) is 1. The van der Waals surface area contributed by atoms with Gasteiger partial charge in [-0.1, -0.05) is 12.1 Å². The van der Waals surface area contributed by atoms with Gasteiger partial charge >= 0.3 is 5.97 Å². The zero-order valence-corrected chi connectivity index (χ0v) is 20.3. The molecule has 3 rings (SSSR count). The van der Waals surface area contributed by atoms with Crippen LogP contribution in [-0.4, -0.2) is 90.7 Å². The summed E-state index contributed by atoms with van der Waals surface area (Å²) in [5.74, 6) is -3.12. The van der Waals surface area contributed by atoms with Crippen LogP contribution in [0.15, 0.2) is 36.8 Å². The van der Waals surface area contributed by atoms with Crippen molar-refractivity contribution in [2.24, 2.45) is 5.73 Å². The molecule has 1 aromatic carbocycles. The van der Waals surface area contributed by atoms with Crippen LogP contribution >= 0.6 is 0 Å². The molecule has 5 unspecified atom stereocenters. The van der Waals surface area contributed by atoms with Crippen LogP contribution in [0.3, 0.4) is 0 Å². The molecule has 0 radical (unpaired) electrons. The van der Waals surface area contributed by atoms with Crippen molar-refractivity contribution in [3.63, 3.8) is 0 Å². The minimum absolute atomic E-state index is 0.0623. The van der Waals surface area contributed by atoms with Crippen molar-refractivity contribution in [1.29, 1.82) is 0 Å². The highest BCUT2D eigenvalue weighted by atomic mass is 16.4. The summed E-state index contributed by atoms with van der Waals surface area (Å²) in [5, 5.41) is 33.4. The molecule has 37 heavy (non-hydrogen) atoms. The molecule has 5 atom stereocenters. The lowest BCUT2D eigenvalue weighted by Crippen LogP contribution is -2.58. The Morgan fingerprint density at radius 1 is 1.19 bits per heavy atom. The summed E-state index contributed by atoms with van der Waals surface area (Å²) in [6.45, 7) is 1.48. The minimum atomic E-state index is -1.52. The quantitative estimate of drug-likeness (QED) is 0.188. The first kappa shape index (κ1) is 27.6. The second-order valence-electron chi connectivity index (χ2n) is 9.07. The third-order valence-electron chi connectivity index (χ3n) is 6.21. The van der Waals surface area contributed by atoms with Crippen molar-refractivity contribution >= 4 is 23.7 Å². The number of nitrogens with one attached hydrogen (secondary N) is 3. The lowest BCUT2D eigenvalue weighted by molar-refractivity contribution is -0.147. The van der Waals surface area contributed by atoms with Gasteiger partial charge in [-0.2, -0.15) is 0 Å². The number of phenolic OH excluding ortho intramolecular Hbond substituents is 1. The van der Waals surface area contributed by atoms with E-state index in [0.717, 1.165) is 5.56 Å². The average molecular weight is 517 g/mol. The molecule has 3 amide bonds. The third kappa shape index (κ3) is 7.27. The maximum Gasteiger partial charge on any atom is 0.328 e. The Hall–Kier alpha value is -3.97. The Morgan fingerprint density at radius 3 is 2.49 bits per heavy atom. The van der Waals surface area contributed by atoms with Crippen LogP contribution in [0.2, 0.25) is 0 Å². The molecule has 1 aliphatic heterocycles. The van der Waals surface area contributed by atoms with Crippen molar-refractivity contribution in [2.45, 2.75) is 62.9 Å². The summed E-state index contributed by atoms with van der Waals surface area (Å²) < 4.78 is 0. The zero-order valence-electron chi connectivity index (χ0n) is 20.3. The molecule has 13 nitrogen and oxygen atoms in total. The van der Waals surface area contributed by atoms with Crippen LogP contribution < -0.4 is 16.4 Å². The number of aromatic nitrogens is 2. The molecule has 1 saturated heterocycles. The van der Waals surface area contributed by atoms with E-state index in [0.29, 0.717) is 18.5 Å². The van der Waals surface area contributed by atoms with E-state index >= 15 is 0 Å². The number of aliphatic carboxylic acids is 1. The first-order valence-corrected chi connectivity index (χ1v) is 11.9. The van der Waals surface area contributed by atoms with Gasteiger partial charge in [0, 0.05) is 24.9 Å². The monoisotopic (exact) mass is 516 g/mol. The Kier molecular flexibility index (Phi) is 9.20. The number of carbonyl (C=O) groups excluding carboxylic acids is 3. The van der Waals surface area contributed by atoms with Crippen LogP contribution in [0.4, 0.5) is 0 Å². The predicted molar refractivity (Wildman–Crippen MR) is 130 cm³/mol. The SMILES string of the molecule is CC(O)C(NC(=O)C1CCCN1C(=O)C(Cc1cnc[nH]1)NC(=O)C(N)Cc1ccc(O)cc1)C(=O)O. The van der Waals surface area contributed by atoms with E-state index in [1.807, 2.05) is 0 Å². The molecule has 8 N–H and O–H groups in total. The number of hydrogen-bond acceptors (Lipinski definition) is 8. The van der Waals surface area contributed by atoms with Gasteiger partial charge in [0.05, 0.1) is 18.5 Å². The number of H-pyrrole nitrogens is 1. The summed E-state index contributed by atoms with van der Waals surface area (Å²) in [4.78, 5) is 58.9. The number of aliphatic hydroxyl groups excluding tert-OH is 1. The maximum atomic E-state index is 13.6. The molecule has 0 bridgehead atoms. The molecule has 1 fully saturated rings. The number of amides is 3. The molecule has 0 spiro atoms. The summed E-state index contributed by atoms with van der Waals surface area (Å²) in [6, 6.07) is 1.70. The van der Waals surface area contributed by atoms with Crippen LogP contribution in [0.1, 0.15) is 31.0 Å². The lowest BCUT2D eigenvalue weighted by atomic mass is 10.0. The Balaban J connectivity index is 1.73. The molecular weight excluding hydrogens is 484 g/mol. The minimum Gasteiger partial charge on any atom is -0.508 e. The molecule has 13 heteroatoms. The normalized spacial score (nSPS) is 18.5.